The third-order valence-corrected chi connectivity index (χ3v) is 8.56. The van der Waals surface area contributed by atoms with E-state index in [1.807, 2.05) is 60.7 Å². The summed E-state index contributed by atoms with van der Waals surface area (Å²) in [5, 5.41) is 5.88. The molecule has 2 aliphatic heterocycles. The molecule has 2 aromatic heterocycles. The van der Waals surface area contributed by atoms with Crippen molar-refractivity contribution in [1.29, 1.82) is 0 Å². The van der Waals surface area contributed by atoms with Gasteiger partial charge in [-0.15, -0.1) is 11.6 Å². The van der Waals surface area contributed by atoms with Crippen LogP contribution in [0, 0.1) is 0 Å². The Morgan fingerprint density at radius 2 is 1.11 bits per heavy atom. The SMILES string of the molecule is CCc1ccc(-c2nc3cccc4c3n2CCNC4=O)cc1.O=C1NCCn2c(-c3ccc(CCl)cc3)nc3cccc1c32. The maximum atomic E-state index is 12.2. The van der Waals surface area contributed by atoms with E-state index in [2.05, 4.69) is 51.0 Å². The topological polar surface area (TPSA) is 93.8 Å². The van der Waals surface area contributed by atoms with Gasteiger partial charge < -0.3 is 19.8 Å². The van der Waals surface area contributed by atoms with Gasteiger partial charge in [0.25, 0.3) is 11.8 Å². The molecule has 220 valence electrons. The first kappa shape index (κ1) is 27.9. The summed E-state index contributed by atoms with van der Waals surface area (Å²) in [6.07, 6.45) is 1.03. The summed E-state index contributed by atoms with van der Waals surface area (Å²) in [6, 6.07) is 28.0. The Morgan fingerprint density at radius 1 is 0.659 bits per heavy atom. The van der Waals surface area contributed by atoms with Gasteiger partial charge in [0.2, 0.25) is 0 Å². The molecule has 9 heteroatoms. The molecule has 44 heavy (non-hydrogen) atoms. The van der Waals surface area contributed by atoms with Crippen molar-refractivity contribution in [3.63, 3.8) is 0 Å². The number of para-hydroxylation sites is 2. The number of halogens is 1. The Hall–Kier alpha value is -4.95. The number of carbonyl (C=O) groups excluding carboxylic acids is 2. The summed E-state index contributed by atoms with van der Waals surface area (Å²) in [4.78, 5) is 33.8. The van der Waals surface area contributed by atoms with E-state index in [4.69, 9.17) is 21.6 Å². The van der Waals surface area contributed by atoms with Crippen molar-refractivity contribution in [2.24, 2.45) is 0 Å². The van der Waals surface area contributed by atoms with Gasteiger partial charge in [-0.05, 0) is 41.8 Å². The minimum absolute atomic E-state index is 0.0165. The van der Waals surface area contributed by atoms with Crippen molar-refractivity contribution in [1.82, 2.24) is 29.7 Å². The molecule has 4 aromatic carbocycles. The maximum absolute atomic E-state index is 12.2. The summed E-state index contributed by atoms with van der Waals surface area (Å²) in [5.74, 6) is 2.27. The number of nitrogens with one attached hydrogen (secondary N) is 2. The molecule has 4 heterocycles. The van der Waals surface area contributed by atoms with Crippen LogP contribution in [0.1, 0.15) is 38.8 Å². The van der Waals surface area contributed by atoms with Crippen LogP contribution in [0.3, 0.4) is 0 Å². The Bertz CT molecular complexity index is 1880. The number of nitrogens with zero attached hydrogens (tertiary/aromatic N) is 4. The fourth-order valence-electron chi connectivity index (χ4n) is 6.00. The molecule has 0 fully saturated rings. The van der Waals surface area contributed by atoms with E-state index in [-0.39, 0.29) is 11.8 Å². The standard InChI is InChI=1S/C18H17N3O.C17H14ClN3O/c1-2-12-6-8-13(9-7-12)17-20-15-5-3-4-14-16(15)21(17)11-10-19-18(14)22;18-10-11-4-6-12(7-5-11)16-20-14-3-1-2-13-15(14)21(16)9-8-19-17(13)22/h3-9H,2,10-11H2,1H3,(H,19,22);1-7H,8-10H2,(H,19,22). The molecule has 8 rings (SSSR count). The van der Waals surface area contributed by atoms with E-state index < -0.39 is 0 Å². The van der Waals surface area contributed by atoms with Crippen LogP contribution in [0.2, 0.25) is 0 Å². The number of hydrogen-bond donors (Lipinski definition) is 2. The first-order chi connectivity index (χ1) is 21.6. The molecule has 0 aliphatic carbocycles. The van der Waals surface area contributed by atoms with Gasteiger partial charge >= 0.3 is 0 Å². The maximum Gasteiger partial charge on any atom is 0.253 e. The third-order valence-electron chi connectivity index (χ3n) is 8.25. The van der Waals surface area contributed by atoms with Crippen molar-refractivity contribution in [3.05, 3.63) is 107 Å². The van der Waals surface area contributed by atoms with Crippen molar-refractivity contribution >= 4 is 45.5 Å². The van der Waals surface area contributed by atoms with E-state index in [9.17, 15) is 9.59 Å². The molecule has 2 N–H and O–H groups in total. The van der Waals surface area contributed by atoms with E-state index in [0.29, 0.717) is 36.6 Å². The van der Waals surface area contributed by atoms with E-state index >= 15 is 0 Å². The summed E-state index contributed by atoms with van der Waals surface area (Å²) in [7, 11) is 0. The molecule has 0 radical (unpaired) electrons. The quantitative estimate of drug-likeness (QED) is 0.235. The third kappa shape index (κ3) is 4.91. The Morgan fingerprint density at radius 3 is 1.55 bits per heavy atom. The average Bonchev–Trinajstić information content (AvgIpc) is 3.51. The van der Waals surface area contributed by atoms with Crippen molar-refractivity contribution in [2.45, 2.75) is 32.3 Å². The van der Waals surface area contributed by atoms with Crippen LogP contribution < -0.4 is 10.6 Å². The van der Waals surface area contributed by atoms with Gasteiger partial charge in [0.1, 0.15) is 11.6 Å². The number of amides is 2. The van der Waals surface area contributed by atoms with E-state index in [0.717, 1.165) is 63.4 Å². The highest BCUT2D eigenvalue weighted by Crippen LogP contribution is 2.30. The molecule has 6 aromatic rings. The highest BCUT2D eigenvalue weighted by Gasteiger charge is 2.23. The summed E-state index contributed by atoms with van der Waals surface area (Å²) in [5.41, 5.74) is 9.49. The van der Waals surface area contributed by atoms with Crippen molar-refractivity contribution in [2.75, 3.05) is 13.1 Å². The van der Waals surface area contributed by atoms with Gasteiger partial charge in [-0.3, -0.25) is 9.59 Å². The zero-order valence-corrected chi connectivity index (χ0v) is 25.1. The molecule has 8 nitrogen and oxygen atoms in total. The van der Waals surface area contributed by atoms with Gasteiger partial charge in [-0.25, -0.2) is 9.97 Å². The molecule has 0 saturated carbocycles. The second-order valence-electron chi connectivity index (χ2n) is 10.9. The molecule has 0 unspecified atom stereocenters. The first-order valence-corrected chi connectivity index (χ1v) is 15.4. The van der Waals surface area contributed by atoms with Crippen LogP contribution in [0.5, 0.6) is 0 Å². The van der Waals surface area contributed by atoms with Gasteiger partial charge in [0, 0.05) is 43.2 Å². The lowest BCUT2D eigenvalue weighted by Gasteiger charge is -2.07. The predicted octanol–water partition coefficient (Wildman–Crippen LogP) is 6.19. The van der Waals surface area contributed by atoms with Crippen LogP contribution in [0.15, 0.2) is 84.9 Å². The summed E-state index contributed by atoms with van der Waals surface area (Å²) >= 11 is 5.85. The van der Waals surface area contributed by atoms with E-state index in [1.54, 1.807) is 0 Å². The highest BCUT2D eigenvalue weighted by atomic mass is 35.5. The van der Waals surface area contributed by atoms with Crippen LogP contribution in [0.25, 0.3) is 44.8 Å². The number of rotatable bonds is 4. The van der Waals surface area contributed by atoms with Crippen molar-refractivity contribution < 1.29 is 9.59 Å². The van der Waals surface area contributed by atoms with Crippen LogP contribution in [0.4, 0.5) is 0 Å². The molecular weight excluding hydrogens is 572 g/mol. The minimum atomic E-state index is -0.0340. The zero-order valence-electron chi connectivity index (χ0n) is 24.3. The molecule has 2 aliphatic rings. The largest absolute Gasteiger partial charge is 0.350 e. The average molecular weight is 603 g/mol. The number of aryl methyl sites for hydroxylation is 1. The highest BCUT2D eigenvalue weighted by molar-refractivity contribution is 6.17. The number of alkyl halides is 1. The monoisotopic (exact) mass is 602 g/mol. The molecular formula is C35H31ClN6O2. The summed E-state index contributed by atoms with van der Waals surface area (Å²) < 4.78 is 4.28. The lowest BCUT2D eigenvalue weighted by Crippen LogP contribution is -2.24. The number of imidazole rings is 2. The van der Waals surface area contributed by atoms with Gasteiger partial charge in [0.15, 0.2) is 0 Å². The zero-order chi connectivity index (χ0) is 30.2. The molecule has 0 spiro atoms. The first-order valence-electron chi connectivity index (χ1n) is 14.8. The Balaban J connectivity index is 0.000000142. The fraction of sp³-hybridized carbons (Fsp3) is 0.200. The number of hydrogen-bond acceptors (Lipinski definition) is 4. The number of aromatic nitrogens is 4. The van der Waals surface area contributed by atoms with Crippen LogP contribution in [-0.2, 0) is 25.4 Å². The fourth-order valence-corrected chi connectivity index (χ4v) is 6.18. The van der Waals surface area contributed by atoms with Crippen LogP contribution >= 0.6 is 11.6 Å². The lowest BCUT2D eigenvalue weighted by molar-refractivity contribution is 0.0948. The van der Waals surface area contributed by atoms with E-state index in [1.165, 1.54) is 5.56 Å². The predicted molar refractivity (Wildman–Crippen MR) is 174 cm³/mol. The normalized spacial score (nSPS) is 14.0. The second kappa shape index (κ2) is 11.6. The Labute approximate surface area is 259 Å². The summed E-state index contributed by atoms with van der Waals surface area (Å²) in [6.45, 7) is 4.83. The number of carbonyl (C=O) groups is 2. The van der Waals surface area contributed by atoms with Gasteiger partial charge in [-0.2, -0.15) is 0 Å². The van der Waals surface area contributed by atoms with Gasteiger partial charge in [0.05, 0.1) is 33.2 Å². The Kier molecular flexibility index (Phi) is 7.36. The number of benzene rings is 4. The lowest BCUT2D eigenvalue weighted by atomic mass is 10.1. The minimum Gasteiger partial charge on any atom is -0.350 e. The van der Waals surface area contributed by atoms with Crippen LogP contribution in [-0.4, -0.2) is 44.0 Å². The second-order valence-corrected chi connectivity index (χ2v) is 11.2. The molecule has 0 bridgehead atoms. The molecule has 2 amide bonds. The molecule has 0 atom stereocenters. The molecule has 0 saturated heterocycles. The van der Waals surface area contributed by atoms with Crippen molar-refractivity contribution in [3.8, 4) is 22.8 Å². The van der Waals surface area contributed by atoms with Gasteiger partial charge in [-0.1, -0.05) is 67.6 Å². The smallest absolute Gasteiger partial charge is 0.253 e.